The Morgan fingerprint density at radius 2 is 1.94 bits per heavy atom. The lowest BCUT2D eigenvalue weighted by atomic mass is 10.1. The minimum Gasteiger partial charge on any atom is -0.497 e. The van der Waals surface area contributed by atoms with Gasteiger partial charge in [-0.05, 0) is 30.3 Å². The van der Waals surface area contributed by atoms with Gasteiger partial charge in [0, 0.05) is 29.6 Å². The van der Waals surface area contributed by atoms with Crippen molar-refractivity contribution in [2.45, 2.75) is 12.6 Å². The van der Waals surface area contributed by atoms with E-state index < -0.39 is 11.9 Å². The lowest BCUT2D eigenvalue weighted by Crippen LogP contribution is -2.36. The van der Waals surface area contributed by atoms with Crippen LogP contribution in [0, 0.1) is 5.82 Å². The van der Waals surface area contributed by atoms with Gasteiger partial charge in [0.1, 0.15) is 40.7 Å². The molecule has 0 saturated heterocycles. The summed E-state index contributed by atoms with van der Waals surface area (Å²) in [5, 5.41) is 12.6. The summed E-state index contributed by atoms with van der Waals surface area (Å²) in [6, 6.07) is 13.5. The molecule has 0 fully saturated rings. The first kappa shape index (κ1) is 24.6. The predicted molar refractivity (Wildman–Crippen MR) is 136 cm³/mol. The molecule has 2 aromatic heterocycles. The van der Waals surface area contributed by atoms with Crippen molar-refractivity contribution in [3.8, 4) is 22.6 Å². The molecule has 9 heteroatoms. The van der Waals surface area contributed by atoms with Gasteiger partial charge >= 0.3 is 0 Å². The summed E-state index contributed by atoms with van der Waals surface area (Å²) in [6.07, 6.45) is 0.941. The molecular formula is C26H26FN3O4S. The molecule has 2 N–H and O–H groups in total. The molecule has 0 spiro atoms. The number of hydrogen-bond donors (Lipinski definition) is 2. The number of aromatic amines is 1. The summed E-state index contributed by atoms with van der Waals surface area (Å²) in [4.78, 5) is 22.7. The van der Waals surface area contributed by atoms with Crippen LogP contribution in [0.15, 0.2) is 71.4 Å². The van der Waals surface area contributed by atoms with Crippen molar-refractivity contribution in [1.29, 1.82) is 0 Å². The van der Waals surface area contributed by atoms with Crippen LogP contribution in [0.1, 0.15) is 5.82 Å². The van der Waals surface area contributed by atoms with Gasteiger partial charge in [-0.25, -0.2) is 9.37 Å². The van der Waals surface area contributed by atoms with Gasteiger partial charge < -0.3 is 19.6 Å². The molecule has 1 atom stereocenters. The number of ether oxygens (including phenoxy) is 2. The zero-order valence-electron chi connectivity index (χ0n) is 19.2. The van der Waals surface area contributed by atoms with Crippen molar-refractivity contribution < 1.29 is 19.0 Å². The molecule has 35 heavy (non-hydrogen) atoms. The highest BCUT2D eigenvalue weighted by Gasteiger charge is 2.18. The third kappa shape index (κ3) is 5.94. The van der Waals surface area contributed by atoms with E-state index in [1.54, 1.807) is 61.0 Å². The highest BCUT2D eigenvalue weighted by atomic mass is 32.1. The Morgan fingerprint density at radius 1 is 1.20 bits per heavy atom. The molecule has 7 nitrogen and oxygen atoms in total. The maximum Gasteiger partial charge on any atom is 0.260 e. The number of hydrogen-bond acceptors (Lipinski definition) is 7. The molecule has 0 aliphatic carbocycles. The SMILES string of the molecule is C=CCN(Cc1nc2scc(-c3ccccc3F)c2c(=O)[nH]1)CC(O)COc1ccc(OC)cc1. The average Bonchev–Trinajstić information content (AvgIpc) is 3.28. The van der Waals surface area contributed by atoms with E-state index in [2.05, 4.69) is 16.5 Å². The fraction of sp³-hybridized carbons (Fsp3) is 0.231. The van der Waals surface area contributed by atoms with Crippen molar-refractivity contribution in [2.24, 2.45) is 0 Å². The first-order chi connectivity index (χ1) is 17.0. The number of benzene rings is 2. The predicted octanol–water partition coefficient (Wildman–Crippen LogP) is 4.23. The minimum absolute atomic E-state index is 0.0971. The number of methoxy groups -OCH3 is 1. The highest BCUT2D eigenvalue weighted by Crippen LogP contribution is 2.32. The quantitative estimate of drug-likeness (QED) is 0.303. The molecule has 2 heterocycles. The lowest BCUT2D eigenvalue weighted by molar-refractivity contribution is 0.0689. The van der Waals surface area contributed by atoms with Crippen LogP contribution in [0.2, 0.25) is 0 Å². The Kier molecular flexibility index (Phi) is 7.91. The second-order valence-corrected chi connectivity index (χ2v) is 8.80. The Bertz CT molecular complexity index is 1350. The van der Waals surface area contributed by atoms with E-state index in [9.17, 15) is 14.3 Å². The maximum absolute atomic E-state index is 14.3. The fourth-order valence-corrected chi connectivity index (χ4v) is 4.72. The summed E-state index contributed by atoms with van der Waals surface area (Å²) in [5.41, 5.74) is 0.566. The number of halogens is 1. The Balaban J connectivity index is 1.45. The first-order valence-corrected chi connectivity index (χ1v) is 11.9. The zero-order valence-corrected chi connectivity index (χ0v) is 20.1. The molecule has 4 aromatic rings. The van der Waals surface area contributed by atoms with Crippen molar-refractivity contribution in [1.82, 2.24) is 14.9 Å². The second kappa shape index (κ2) is 11.3. The number of nitrogens with zero attached hydrogens (tertiary/aromatic N) is 2. The number of aromatic nitrogens is 2. The van der Waals surface area contributed by atoms with E-state index in [-0.39, 0.29) is 18.7 Å². The molecule has 0 amide bonds. The van der Waals surface area contributed by atoms with Crippen LogP contribution in [-0.4, -0.2) is 52.9 Å². The number of nitrogens with one attached hydrogen (secondary N) is 1. The summed E-state index contributed by atoms with van der Waals surface area (Å²) < 4.78 is 25.1. The molecule has 0 aliphatic heterocycles. The summed E-state index contributed by atoms with van der Waals surface area (Å²) in [5.74, 6) is 1.41. The van der Waals surface area contributed by atoms with Crippen molar-refractivity contribution >= 4 is 21.6 Å². The van der Waals surface area contributed by atoms with Crippen LogP contribution in [0.3, 0.4) is 0 Å². The van der Waals surface area contributed by atoms with E-state index in [1.807, 2.05) is 4.90 Å². The standard InChI is InChI=1S/C26H26FN3O4S/c1-3-12-30(13-17(31)15-34-19-10-8-18(33-2)9-11-19)14-23-28-25(32)24-21(16-35-26(24)29-23)20-6-4-5-7-22(20)27/h3-11,16-17,31H,1,12-15H2,2H3,(H,28,29,32). The smallest absolute Gasteiger partial charge is 0.260 e. The van der Waals surface area contributed by atoms with Crippen LogP contribution < -0.4 is 15.0 Å². The maximum atomic E-state index is 14.3. The average molecular weight is 496 g/mol. The molecule has 0 bridgehead atoms. The number of aliphatic hydroxyl groups excluding tert-OH is 1. The number of thiophene rings is 1. The summed E-state index contributed by atoms with van der Waals surface area (Å²) in [6.45, 7) is 4.94. The summed E-state index contributed by atoms with van der Waals surface area (Å²) >= 11 is 1.29. The molecule has 4 rings (SSSR count). The molecule has 182 valence electrons. The van der Waals surface area contributed by atoms with Gasteiger partial charge in [0.25, 0.3) is 5.56 Å². The Labute approximate surface area is 206 Å². The van der Waals surface area contributed by atoms with Crippen LogP contribution in [0.4, 0.5) is 4.39 Å². The van der Waals surface area contributed by atoms with Gasteiger partial charge in [0.2, 0.25) is 0 Å². The number of H-pyrrole nitrogens is 1. The fourth-order valence-electron chi connectivity index (χ4n) is 3.76. The molecule has 0 radical (unpaired) electrons. The third-order valence-electron chi connectivity index (χ3n) is 5.39. The topological polar surface area (TPSA) is 87.7 Å². The van der Waals surface area contributed by atoms with Gasteiger partial charge in [-0.1, -0.05) is 24.3 Å². The first-order valence-electron chi connectivity index (χ1n) is 11.0. The monoisotopic (exact) mass is 495 g/mol. The van der Waals surface area contributed by atoms with E-state index in [0.29, 0.717) is 46.0 Å². The van der Waals surface area contributed by atoms with Crippen LogP contribution in [0.5, 0.6) is 11.5 Å². The van der Waals surface area contributed by atoms with Crippen molar-refractivity contribution in [3.05, 3.63) is 88.6 Å². The van der Waals surface area contributed by atoms with Crippen molar-refractivity contribution in [2.75, 3.05) is 26.8 Å². The number of fused-ring (bicyclic) bond motifs is 1. The van der Waals surface area contributed by atoms with Crippen LogP contribution in [0.25, 0.3) is 21.3 Å². The normalized spacial score (nSPS) is 12.1. The lowest BCUT2D eigenvalue weighted by Gasteiger charge is -2.23. The van der Waals surface area contributed by atoms with E-state index in [1.165, 1.54) is 17.4 Å². The Hall–Kier alpha value is -3.53. The molecular weight excluding hydrogens is 469 g/mol. The number of rotatable bonds is 11. The van der Waals surface area contributed by atoms with E-state index >= 15 is 0 Å². The molecule has 2 aromatic carbocycles. The Morgan fingerprint density at radius 3 is 2.66 bits per heavy atom. The van der Waals surface area contributed by atoms with Crippen molar-refractivity contribution in [3.63, 3.8) is 0 Å². The van der Waals surface area contributed by atoms with Gasteiger partial charge in [0.05, 0.1) is 19.0 Å². The zero-order chi connectivity index (χ0) is 24.8. The van der Waals surface area contributed by atoms with E-state index in [0.717, 1.165) is 5.75 Å². The second-order valence-electron chi connectivity index (χ2n) is 7.95. The van der Waals surface area contributed by atoms with Gasteiger partial charge in [0.15, 0.2) is 0 Å². The third-order valence-corrected chi connectivity index (χ3v) is 6.26. The minimum atomic E-state index is -0.776. The largest absolute Gasteiger partial charge is 0.497 e. The van der Waals surface area contributed by atoms with Gasteiger partial charge in [-0.3, -0.25) is 9.69 Å². The number of aliphatic hydroxyl groups is 1. The van der Waals surface area contributed by atoms with Crippen LogP contribution >= 0.6 is 11.3 Å². The summed E-state index contributed by atoms with van der Waals surface area (Å²) in [7, 11) is 1.59. The van der Waals surface area contributed by atoms with Gasteiger partial charge in [-0.2, -0.15) is 0 Å². The van der Waals surface area contributed by atoms with Crippen LogP contribution in [-0.2, 0) is 6.54 Å². The molecule has 0 aliphatic rings. The molecule has 1 unspecified atom stereocenters. The van der Waals surface area contributed by atoms with E-state index in [4.69, 9.17) is 9.47 Å². The van der Waals surface area contributed by atoms with Gasteiger partial charge in [-0.15, -0.1) is 17.9 Å². The molecule has 0 saturated carbocycles. The highest BCUT2D eigenvalue weighted by molar-refractivity contribution is 7.17.